The molecule has 1 aromatic heterocycles. The summed E-state index contributed by atoms with van der Waals surface area (Å²) in [4.78, 5) is 15.4. The van der Waals surface area contributed by atoms with E-state index >= 15 is 0 Å². The molecule has 5 heteroatoms. The van der Waals surface area contributed by atoms with Crippen molar-refractivity contribution in [2.45, 2.75) is 6.42 Å². The van der Waals surface area contributed by atoms with E-state index in [0.717, 1.165) is 16.5 Å². The average molecular weight is 260 g/mol. The van der Waals surface area contributed by atoms with Gasteiger partial charge in [0.1, 0.15) is 0 Å². The van der Waals surface area contributed by atoms with Crippen LogP contribution in [0.5, 0.6) is 5.88 Å². The summed E-state index contributed by atoms with van der Waals surface area (Å²) in [7, 11) is 2.94. The summed E-state index contributed by atoms with van der Waals surface area (Å²) in [5, 5.41) is 3.71. The lowest BCUT2D eigenvalue weighted by atomic mass is 10.1. The second-order valence-corrected chi connectivity index (χ2v) is 4.01. The lowest BCUT2D eigenvalue weighted by Crippen LogP contribution is -2.25. The highest BCUT2D eigenvalue weighted by atomic mass is 16.5. The van der Waals surface area contributed by atoms with Gasteiger partial charge in [0.25, 0.3) is 0 Å². The van der Waals surface area contributed by atoms with Crippen LogP contribution in [0, 0.1) is 0 Å². The summed E-state index contributed by atoms with van der Waals surface area (Å²) in [6, 6.07) is 9.77. The van der Waals surface area contributed by atoms with Crippen LogP contribution in [0.25, 0.3) is 10.9 Å². The van der Waals surface area contributed by atoms with Crippen LogP contribution < -0.4 is 10.1 Å². The van der Waals surface area contributed by atoms with Gasteiger partial charge in [-0.3, -0.25) is 0 Å². The highest BCUT2D eigenvalue weighted by Gasteiger charge is 2.05. The predicted molar refractivity (Wildman–Crippen MR) is 72.4 cm³/mol. The number of amides is 1. The van der Waals surface area contributed by atoms with Gasteiger partial charge >= 0.3 is 6.09 Å². The molecule has 1 aromatic carbocycles. The highest BCUT2D eigenvalue weighted by molar-refractivity contribution is 5.82. The Labute approximate surface area is 111 Å². The lowest BCUT2D eigenvalue weighted by molar-refractivity contribution is 0.171. The van der Waals surface area contributed by atoms with Crippen LogP contribution in [0.1, 0.15) is 5.56 Å². The Bertz CT molecular complexity index is 584. The van der Waals surface area contributed by atoms with Gasteiger partial charge in [0.05, 0.1) is 19.7 Å². The van der Waals surface area contributed by atoms with Gasteiger partial charge in [-0.05, 0) is 18.1 Å². The fourth-order valence-electron chi connectivity index (χ4n) is 1.88. The minimum absolute atomic E-state index is 0.425. The molecule has 0 saturated heterocycles. The van der Waals surface area contributed by atoms with E-state index in [9.17, 15) is 4.79 Å². The topological polar surface area (TPSA) is 60.5 Å². The summed E-state index contributed by atoms with van der Waals surface area (Å²) in [5.41, 5.74) is 1.96. The van der Waals surface area contributed by atoms with Crippen LogP contribution in [0.2, 0.25) is 0 Å². The first-order valence-corrected chi connectivity index (χ1v) is 5.99. The molecule has 0 unspecified atom stereocenters. The summed E-state index contributed by atoms with van der Waals surface area (Å²) < 4.78 is 9.66. The SMILES string of the molecule is COC(=O)NCCc1cccc2ccc(OC)nc12. The molecule has 1 heterocycles. The second kappa shape index (κ2) is 6.04. The number of benzene rings is 1. The van der Waals surface area contributed by atoms with Gasteiger partial charge in [-0.2, -0.15) is 0 Å². The number of carbonyl (C=O) groups is 1. The molecule has 0 saturated carbocycles. The Balaban J connectivity index is 2.19. The number of para-hydroxylation sites is 1. The smallest absolute Gasteiger partial charge is 0.406 e. The van der Waals surface area contributed by atoms with E-state index in [-0.39, 0.29) is 0 Å². The molecule has 0 aliphatic rings. The first-order valence-electron chi connectivity index (χ1n) is 5.99. The second-order valence-electron chi connectivity index (χ2n) is 4.01. The van der Waals surface area contributed by atoms with Crippen LogP contribution in [-0.4, -0.2) is 31.8 Å². The molecule has 100 valence electrons. The summed E-state index contributed by atoms with van der Waals surface area (Å²) >= 11 is 0. The van der Waals surface area contributed by atoms with Gasteiger partial charge in [-0.25, -0.2) is 9.78 Å². The maximum Gasteiger partial charge on any atom is 0.406 e. The summed E-state index contributed by atoms with van der Waals surface area (Å²) in [6.07, 6.45) is 0.262. The number of hydrogen-bond donors (Lipinski definition) is 1. The monoisotopic (exact) mass is 260 g/mol. The summed E-state index contributed by atoms with van der Waals surface area (Å²) in [5.74, 6) is 0.584. The minimum atomic E-state index is -0.425. The van der Waals surface area contributed by atoms with E-state index in [4.69, 9.17) is 4.74 Å². The maximum atomic E-state index is 11.0. The van der Waals surface area contributed by atoms with Crippen molar-refractivity contribution in [3.05, 3.63) is 35.9 Å². The van der Waals surface area contributed by atoms with Gasteiger partial charge in [0.15, 0.2) is 0 Å². The van der Waals surface area contributed by atoms with Crippen LogP contribution in [0.3, 0.4) is 0 Å². The number of aromatic nitrogens is 1. The first-order chi connectivity index (χ1) is 9.24. The molecule has 2 aromatic rings. The van der Waals surface area contributed by atoms with E-state index in [1.165, 1.54) is 7.11 Å². The molecule has 1 amide bonds. The zero-order valence-corrected chi connectivity index (χ0v) is 11.0. The number of alkyl carbamates (subject to hydrolysis) is 1. The molecule has 0 atom stereocenters. The molecule has 1 N–H and O–H groups in total. The summed E-state index contributed by atoms with van der Waals surface area (Å²) in [6.45, 7) is 0.505. The van der Waals surface area contributed by atoms with E-state index in [2.05, 4.69) is 15.0 Å². The number of hydrogen-bond acceptors (Lipinski definition) is 4. The van der Waals surface area contributed by atoms with Gasteiger partial charge in [-0.1, -0.05) is 18.2 Å². The lowest BCUT2D eigenvalue weighted by Gasteiger charge is -2.08. The number of pyridine rings is 1. The Morgan fingerprint density at radius 3 is 2.84 bits per heavy atom. The van der Waals surface area contributed by atoms with Crippen molar-refractivity contribution in [3.63, 3.8) is 0 Å². The van der Waals surface area contributed by atoms with Crippen LogP contribution in [0.4, 0.5) is 4.79 Å². The Morgan fingerprint density at radius 2 is 2.11 bits per heavy atom. The zero-order valence-electron chi connectivity index (χ0n) is 11.0. The number of fused-ring (bicyclic) bond motifs is 1. The largest absolute Gasteiger partial charge is 0.481 e. The van der Waals surface area contributed by atoms with Crippen molar-refractivity contribution >= 4 is 17.0 Å². The Morgan fingerprint density at radius 1 is 1.26 bits per heavy atom. The molecular formula is C14H16N2O3. The number of methoxy groups -OCH3 is 2. The number of nitrogens with one attached hydrogen (secondary N) is 1. The van der Waals surface area contributed by atoms with Gasteiger partial charge < -0.3 is 14.8 Å². The highest BCUT2D eigenvalue weighted by Crippen LogP contribution is 2.20. The van der Waals surface area contributed by atoms with E-state index in [1.807, 2.05) is 30.3 Å². The Kier molecular flexibility index (Phi) is 4.18. The Hall–Kier alpha value is -2.30. The van der Waals surface area contributed by atoms with Gasteiger partial charge in [0.2, 0.25) is 5.88 Å². The van der Waals surface area contributed by atoms with Crippen molar-refractivity contribution in [2.24, 2.45) is 0 Å². The van der Waals surface area contributed by atoms with Crippen molar-refractivity contribution in [1.29, 1.82) is 0 Å². The molecule has 5 nitrogen and oxygen atoms in total. The fourth-order valence-corrected chi connectivity index (χ4v) is 1.88. The molecule has 0 fully saturated rings. The van der Waals surface area contributed by atoms with Gasteiger partial charge in [0, 0.05) is 18.0 Å². The van der Waals surface area contributed by atoms with Gasteiger partial charge in [-0.15, -0.1) is 0 Å². The molecule has 0 radical (unpaired) electrons. The fraction of sp³-hybridized carbons (Fsp3) is 0.286. The minimum Gasteiger partial charge on any atom is -0.481 e. The molecule has 19 heavy (non-hydrogen) atoms. The average Bonchev–Trinajstić information content (AvgIpc) is 2.46. The number of rotatable bonds is 4. The van der Waals surface area contributed by atoms with E-state index in [1.54, 1.807) is 7.11 Å². The van der Waals surface area contributed by atoms with Crippen molar-refractivity contribution < 1.29 is 14.3 Å². The van der Waals surface area contributed by atoms with Crippen LogP contribution in [-0.2, 0) is 11.2 Å². The van der Waals surface area contributed by atoms with E-state index < -0.39 is 6.09 Å². The molecule has 0 aliphatic heterocycles. The van der Waals surface area contributed by atoms with Crippen LogP contribution in [0.15, 0.2) is 30.3 Å². The number of carbonyl (C=O) groups excluding carboxylic acids is 1. The number of nitrogens with zero attached hydrogens (tertiary/aromatic N) is 1. The quantitative estimate of drug-likeness (QED) is 0.915. The molecular weight excluding hydrogens is 244 g/mol. The zero-order chi connectivity index (χ0) is 13.7. The van der Waals surface area contributed by atoms with Crippen molar-refractivity contribution in [1.82, 2.24) is 10.3 Å². The third kappa shape index (κ3) is 3.13. The third-order valence-electron chi connectivity index (χ3n) is 2.84. The predicted octanol–water partition coefficient (Wildman–Crippen LogP) is 2.14. The number of ether oxygens (including phenoxy) is 2. The molecule has 2 rings (SSSR count). The third-order valence-corrected chi connectivity index (χ3v) is 2.84. The molecule has 0 spiro atoms. The molecule has 0 bridgehead atoms. The van der Waals surface area contributed by atoms with Crippen LogP contribution >= 0.6 is 0 Å². The maximum absolute atomic E-state index is 11.0. The first kappa shape index (κ1) is 13.1. The normalized spacial score (nSPS) is 10.2. The van der Waals surface area contributed by atoms with Crippen molar-refractivity contribution in [2.75, 3.05) is 20.8 Å². The molecule has 0 aliphatic carbocycles. The van der Waals surface area contributed by atoms with Crippen molar-refractivity contribution in [3.8, 4) is 5.88 Å². The standard InChI is InChI=1S/C14H16N2O3/c1-18-12-7-6-10-4-3-5-11(13(10)16-12)8-9-15-14(17)19-2/h3-7H,8-9H2,1-2H3,(H,15,17). The van der Waals surface area contributed by atoms with E-state index in [0.29, 0.717) is 18.8 Å².